The van der Waals surface area contributed by atoms with Crippen molar-refractivity contribution in [3.05, 3.63) is 152 Å². The minimum absolute atomic E-state index is 0.0572. The fraction of sp³-hybridized carbons (Fsp3) is 0.162. The van der Waals surface area contributed by atoms with E-state index >= 15 is 0 Å². The zero-order chi connectivity index (χ0) is 31.0. The van der Waals surface area contributed by atoms with E-state index < -0.39 is 16.8 Å². The lowest BCUT2D eigenvalue weighted by Gasteiger charge is -2.45. The number of nitro benzene ring substituents is 1. The fourth-order valence-corrected chi connectivity index (χ4v) is 7.79. The largest absolute Gasteiger partial charge is 0.318 e. The number of nitrogens with zero attached hydrogens (tertiary/aromatic N) is 4. The van der Waals surface area contributed by atoms with Crippen LogP contribution in [0.2, 0.25) is 0 Å². The van der Waals surface area contributed by atoms with Crippen molar-refractivity contribution in [3.8, 4) is 16.8 Å². The van der Waals surface area contributed by atoms with Gasteiger partial charge in [0.15, 0.2) is 0 Å². The molecule has 1 aliphatic heterocycles. The topological polar surface area (TPSA) is 97.8 Å². The second-order valence-electron chi connectivity index (χ2n) is 12.0. The molecule has 4 aromatic carbocycles. The Bertz CT molecular complexity index is 1960. The number of benzene rings is 4. The first kappa shape index (κ1) is 27.0. The molecule has 2 heterocycles. The zero-order valence-corrected chi connectivity index (χ0v) is 24.6. The van der Waals surface area contributed by atoms with Crippen LogP contribution in [0.25, 0.3) is 16.8 Å². The van der Waals surface area contributed by atoms with Crippen LogP contribution >= 0.6 is 0 Å². The van der Waals surface area contributed by atoms with Gasteiger partial charge in [0.05, 0.1) is 23.0 Å². The van der Waals surface area contributed by atoms with E-state index in [1.807, 2.05) is 68.4 Å². The highest BCUT2D eigenvalue weighted by Crippen LogP contribution is 2.61. The number of amides is 2. The Balaban J connectivity index is 1.08. The van der Waals surface area contributed by atoms with Crippen LogP contribution in [0.1, 0.15) is 51.0 Å². The van der Waals surface area contributed by atoms with Crippen LogP contribution in [-0.4, -0.2) is 32.5 Å². The number of hydrogen-bond donors (Lipinski definition) is 0. The molecule has 9 rings (SSSR count). The number of carbonyl (C=O) groups is 2. The van der Waals surface area contributed by atoms with E-state index in [1.54, 1.807) is 18.3 Å². The van der Waals surface area contributed by atoms with E-state index in [9.17, 15) is 19.7 Å². The van der Waals surface area contributed by atoms with Gasteiger partial charge in [0, 0.05) is 46.6 Å². The monoisotopic (exact) mass is 592 g/mol. The summed E-state index contributed by atoms with van der Waals surface area (Å²) in [5.41, 5.74) is 10.1. The maximum Gasteiger partial charge on any atom is 0.269 e. The van der Waals surface area contributed by atoms with Crippen molar-refractivity contribution in [1.82, 2.24) is 9.58 Å². The Kier molecular flexibility index (Phi) is 5.96. The third-order valence-corrected chi connectivity index (χ3v) is 9.74. The minimum Gasteiger partial charge on any atom is -0.318 e. The number of hydrogen-bond acceptors (Lipinski definition) is 5. The second-order valence-corrected chi connectivity index (χ2v) is 12.0. The van der Waals surface area contributed by atoms with Crippen molar-refractivity contribution in [2.45, 2.75) is 25.7 Å². The number of non-ortho nitro benzene ring substituents is 1. The van der Waals surface area contributed by atoms with Gasteiger partial charge in [0.2, 0.25) is 0 Å². The van der Waals surface area contributed by atoms with Crippen LogP contribution in [0.4, 0.5) is 5.69 Å². The van der Waals surface area contributed by atoms with Crippen molar-refractivity contribution in [2.75, 3.05) is 0 Å². The smallest absolute Gasteiger partial charge is 0.269 e. The molecular weight excluding hydrogens is 564 g/mol. The lowest BCUT2D eigenvalue weighted by atomic mass is 9.55. The summed E-state index contributed by atoms with van der Waals surface area (Å²) in [6.45, 7) is 3.99. The van der Waals surface area contributed by atoms with Gasteiger partial charge in [0.25, 0.3) is 17.5 Å². The van der Waals surface area contributed by atoms with E-state index in [2.05, 4.69) is 33.9 Å². The van der Waals surface area contributed by atoms with Crippen molar-refractivity contribution in [1.29, 1.82) is 0 Å². The predicted molar refractivity (Wildman–Crippen MR) is 170 cm³/mol. The van der Waals surface area contributed by atoms with Gasteiger partial charge in [-0.2, -0.15) is 10.1 Å². The highest BCUT2D eigenvalue weighted by atomic mass is 16.6. The zero-order valence-electron chi connectivity index (χ0n) is 24.6. The fourth-order valence-electron chi connectivity index (χ4n) is 7.79. The first-order valence-corrected chi connectivity index (χ1v) is 15.0. The highest BCUT2D eigenvalue weighted by molar-refractivity contribution is 6.08. The number of rotatable bonds is 5. The number of carbonyl (C=O) groups excluding carboxylic acids is 2. The van der Waals surface area contributed by atoms with Gasteiger partial charge >= 0.3 is 0 Å². The number of hydrazone groups is 1. The molecule has 0 spiro atoms. The predicted octanol–water partition coefficient (Wildman–Crippen LogP) is 6.90. The summed E-state index contributed by atoms with van der Waals surface area (Å²) in [6, 6.07) is 32.9. The Morgan fingerprint density at radius 2 is 1.18 bits per heavy atom. The Morgan fingerprint density at radius 1 is 0.711 bits per heavy atom. The van der Waals surface area contributed by atoms with Gasteiger partial charge in [-0.1, -0.05) is 60.7 Å². The number of nitro groups is 1. The summed E-state index contributed by atoms with van der Waals surface area (Å²) in [4.78, 5) is 38.4. The van der Waals surface area contributed by atoms with Crippen LogP contribution in [0.3, 0.4) is 0 Å². The van der Waals surface area contributed by atoms with E-state index in [0.29, 0.717) is 0 Å². The van der Waals surface area contributed by atoms with Crippen LogP contribution in [0, 0.1) is 35.8 Å². The molecule has 45 heavy (non-hydrogen) atoms. The third kappa shape index (κ3) is 3.95. The maximum absolute atomic E-state index is 13.9. The second kappa shape index (κ2) is 9.95. The molecule has 0 N–H and O–H groups in total. The summed E-state index contributed by atoms with van der Waals surface area (Å²) in [7, 11) is 0. The van der Waals surface area contributed by atoms with Gasteiger partial charge in [-0.15, -0.1) is 0 Å². The van der Waals surface area contributed by atoms with Crippen molar-refractivity contribution >= 4 is 23.7 Å². The lowest BCUT2D eigenvalue weighted by Crippen LogP contribution is -2.41. The molecule has 8 heteroatoms. The molecule has 2 amide bonds. The standard InChI is InChI=1S/C37H28N4O4/c1-21-19-25(22(2)39(21)26-15-11-23(12-16-26)24-13-17-27(18-14-24)41(44)45)20-38-40-36(42)34-32-28-7-3-4-8-29(28)33(35(34)37(40)43)31-10-6-5-9-30(31)32/h3-20,32-35H,1-2H3/b38-20-/t32?,33?,34-,35-/m0/s1. The summed E-state index contributed by atoms with van der Waals surface area (Å²) < 4.78 is 2.10. The normalized spacial score (nSPS) is 21.2. The van der Waals surface area contributed by atoms with E-state index in [-0.39, 0.29) is 29.3 Å². The highest BCUT2D eigenvalue weighted by Gasteiger charge is 2.61. The average molecular weight is 593 g/mol. The van der Waals surface area contributed by atoms with Crippen LogP contribution in [-0.2, 0) is 9.59 Å². The molecule has 0 radical (unpaired) electrons. The molecule has 2 bridgehead atoms. The molecule has 3 aliphatic carbocycles. The van der Waals surface area contributed by atoms with Gasteiger partial charge in [0.1, 0.15) is 0 Å². The molecule has 0 unspecified atom stereocenters. The molecular formula is C37H28N4O4. The van der Waals surface area contributed by atoms with Crippen molar-refractivity contribution in [2.24, 2.45) is 16.9 Å². The first-order chi connectivity index (χ1) is 21.8. The average Bonchev–Trinajstić information content (AvgIpc) is 3.50. The molecule has 220 valence electrons. The Labute approximate surface area is 259 Å². The molecule has 2 atom stereocenters. The van der Waals surface area contributed by atoms with Gasteiger partial charge in [-0.3, -0.25) is 19.7 Å². The minimum atomic E-state index is -0.467. The Hall–Kier alpha value is -5.63. The number of imide groups is 1. The van der Waals surface area contributed by atoms with Crippen molar-refractivity contribution in [3.63, 3.8) is 0 Å². The summed E-state index contributed by atoms with van der Waals surface area (Å²) in [5, 5.41) is 16.6. The van der Waals surface area contributed by atoms with Crippen LogP contribution in [0.15, 0.2) is 108 Å². The van der Waals surface area contributed by atoms with E-state index in [4.69, 9.17) is 0 Å². The van der Waals surface area contributed by atoms with E-state index in [1.165, 1.54) is 12.1 Å². The molecule has 1 aromatic heterocycles. The van der Waals surface area contributed by atoms with Gasteiger partial charge in [-0.25, -0.2) is 0 Å². The first-order valence-electron chi connectivity index (χ1n) is 15.0. The SMILES string of the molecule is Cc1cc(/C=N\N2C(=O)[C@H]3C4c5ccccc5C(c5ccccc54)[C@@H]3C2=O)c(C)n1-c1ccc(-c2ccc([N+](=O)[O-])cc2)cc1. The molecule has 4 aliphatic rings. The maximum atomic E-state index is 13.9. The van der Waals surface area contributed by atoms with Crippen LogP contribution in [0.5, 0.6) is 0 Å². The van der Waals surface area contributed by atoms with Crippen molar-refractivity contribution < 1.29 is 14.5 Å². The molecule has 0 saturated carbocycles. The summed E-state index contributed by atoms with van der Waals surface area (Å²) in [6.07, 6.45) is 1.62. The van der Waals surface area contributed by atoms with Gasteiger partial charge in [-0.05, 0) is 77.6 Å². The number of aromatic nitrogens is 1. The quantitative estimate of drug-likeness (QED) is 0.0960. The number of aryl methyl sites for hydroxylation is 1. The summed E-state index contributed by atoms with van der Waals surface area (Å²) >= 11 is 0. The molecule has 1 fully saturated rings. The van der Waals surface area contributed by atoms with Crippen LogP contribution < -0.4 is 0 Å². The molecule has 1 saturated heterocycles. The molecule has 8 nitrogen and oxygen atoms in total. The van der Waals surface area contributed by atoms with Gasteiger partial charge < -0.3 is 4.57 Å². The van der Waals surface area contributed by atoms with E-state index in [0.717, 1.165) is 61.0 Å². The lowest BCUT2D eigenvalue weighted by molar-refractivity contribution is -0.384. The Morgan fingerprint density at radius 3 is 1.64 bits per heavy atom. The molecule has 5 aromatic rings. The third-order valence-electron chi connectivity index (χ3n) is 9.74. The summed E-state index contributed by atoms with van der Waals surface area (Å²) in [5.74, 6) is -1.74.